The number of nitrogens with zero attached hydrogens (tertiary/aromatic N) is 4. The summed E-state index contributed by atoms with van der Waals surface area (Å²) in [6.07, 6.45) is 6.39. The molecule has 2 aromatic rings. The number of Topliss-reactive ketones (excluding diaryl/α,β-unsaturated/α-hetero) is 2. The molecule has 0 spiro atoms. The Bertz CT molecular complexity index is 1600. The molecular weight excluding hydrogens is 689 g/mol. The van der Waals surface area contributed by atoms with Crippen LogP contribution in [0, 0.1) is 0 Å². The van der Waals surface area contributed by atoms with Crippen LogP contribution < -0.4 is 9.47 Å². The molecule has 0 saturated heterocycles. The van der Waals surface area contributed by atoms with E-state index < -0.39 is 23.0 Å². The first-order chi connectivity index (χ1) is 23.2. The summed E-state index contributed by atoms with van der Waals surface area (Å²) in [5.41, 5.74) is -0.955. The molecule has 2 aliphatic rings. The lowest BCUT2D eigenvalue weighted by molar-refractivity contribution is -0.138. The lowest BCUT2D eigenvalue weighted by atomic mass is 10.0. The number of pyridine rings is 2. The molecule has 0 bridgehead atoms. The Balaban J connectivity index is 0.000000340. The lowest BCUT2D eigenvalue weighted by Gasteiger charge is -2.14. The van der Waals surface area contributed by atoms with Gasteiger partial charge in [0, 0.05) is 48.9 Å². The molecule has 0 aliphatic carbocycles. The first kappa shape index (κ1) is 42.0. The van der Waals surface area contributed by atoms with Crippen molar-refractivity contribution >= 4 is 57.1 Å². The van der Waals surface area contributed by atoms with Crippen molar-refractivity contribution in [2.24, 2.45) is 9.98 Å². The highest BCUT2D eigenvalue weighted by molar-refractivity contribution is 8.15. The SMILES string of the molecule is C.CC(=O)[C@@]1(C)CSC(c2nccc(OCCCCC(=O)O)c2O)=N1.CC(=O)[C@@]1(C)CSC(c2nccc(OCCCCCC(=O)O)c2O)=N1. The summed E-state index contributed by atoms with van der Waals surface area (Å²) in [5, 5.41) is 38.9. The van der Waals surface area contributed by atoms with Crippen LogP contribution in [0.3, 0.4) is 0 Å². The molecule has 2 aromatic heterocycles. The quantitative estimate of drug-likeness (QED) is 0.147. The molecule has 2 atom stereocenters. The first-order valence-corrected chi connectivity index (χ1v) is 17.7. The number of aromatic nitrogens is 2. The van der Waals surface area contributed by atoms with Crippen LogP contribution in [0.1, 0.15) is 91.5 Å². The van der Waals surface area contributed by atoms with E-state index in [1.54, 1.807) is 26.0 Å². The summed E-state index contributed by atoms with van der Waals surface area (Å²) in [7, 11) is 0. The van der Waals surface area contributed by atoms with Gasteiger partial charge in [0.05, 0.1) is 13.2 Å². The number of carbonyl (C=O) groups is 4. The topological polar surface area (TPSA) is 218 Å². The summed E-state index contributed by atoms with van der Waals surface area (Å²) >= 11 is 2.76. The number of aliphatic imine (C=N–C) groups is 2. The van der Waals surface area contributed by atoms with Gasteiger partial charge in [-0.05, 0) is 59.8 Å². The van der Waals surface area contributed by atoms with Gasteiger partial charge >= 0.3 is 11.9 Å². The van der Waals surface area contributed by atoms with Gasteiger partial charge in [0.15, 0.2) is 34.6 Å². The fourth-order valence-corrected chi connectivity index (χ4v) is 6.79. The van der Waals surface area contributed by atoms with Gasteiger partial charge in [-0.3, -0.25) is 29.2 Å². The van der Waals surface area contributed by atoms with E-state index in [2.05, 4.69) is 20.0 Å². The average Bonchev–Trinajstić information content (AvgIpc) is 3.65. The number of hydrogen-bond acceptors (Lipinski definition) is 14. The van der Waals surface area contributed by atoms with E-state index in [0.29, 0.717) is 77.6 Å². The fourth-order valence-electron chi connectivity index (χ4n) is 4.31. The normalized spacial score (nSPS) is 19.3. The Kier molecular flexibility index (Phi) is 16.2. The third-order valence-electron chi connectivity index (χ3n) is 7.71. The van der Waals surface area contributed by atoms with Crippen molar-refractivity contribution in [3.63, 3.8) is 0 Å². The number of carboxylic acids is 2. The highest BCUT2D eigenvalue weighted by Gasteiger charge is 2.38. The minimum atomic E-state index is -0.839. The minimum Gasteiger partial charge on any atom is -0.503 e. The minimum absolute atomic E-state index is 0. The van der Waals surface area contributed by atoms with Crippen LogP contribution in [0.15, 0.2) is 34.5 Å². The predicted molar refractivity (Wildman–Crippen MR) is 193 cm³/mol. The lowest BCUT2D eigenvalue weighted by Crippen LogP contribution is -2.31. The largest absolute Gasteiger partial charge is 0.503 e. The number of ether oxygens (including phenoxy) is 2. The molecule has 0 radical (unpaired) electrons. The number of thioether (sulfide) groups is 2. The van der Waals surface area contributed by atoms with Crippen molar-refractivity contribution in [3.05, 3.63) is 35.9 Å². The predicted octanol–water partition coefficient (Wildman–Crippen LogP) is 5.55. The third kappa shape index (κ3) is 11.7. The third-order valence-corrected chi connectivity index (χ3v) is 10.2. The van der Waals surface area contributed by atoms with Crippen LogP contribution in [0.4, 0.5) is 0 Å². The van der Waals surface area contributed by atoms with E-state index in [1.807, 2.05) is 0 Å². The summed E-state index contributed by atoms with van der Waals surface area (Å²) in [6, 6.07) is 3.11. The molecule has 0 unspecified atom stereocenters. The maximum Gasteiger partial charge on any atom is 0.303 e. The highest BCUT2D eigenvalue weighted by Crippen LogP contribution is 2.38. The molecule has 50 heavy (non-hydrogen) atoms. The van der Waals surface area contributed by atoms with E-state index in [9.17, 15) is 29.4 Å². The van der Waals surface area contributed by atoms with Crippen molar-refractivity contribution in [2.45, 2.75) is 91.1 Å². The highest BCUT2D eigenvalue weighted by atomic mass is 32.2. The van der Waals surface area contributed by atoms with Gasteiger partial charge in [-0.25, -0.2) is 9.97 Å². The number of unbranched alkanes of at least 4 members (excludes halogenated alkanes) is 3. The summed E-state index contributed by atoms with van der Waals surface area (Å²) in [6.45, 7) is 7.21. The Hall–Kier alpha value is -4.18. The maximum absolute atomic E-state index is 11.7. The van der Waals surface area contributed by atoms with Crippen LogP contribution in [0.25, 0.3) is 0 Å². The molecule has 16 heteroatoms. The number of ketones is 2. The Morgan fingerprint density at radius 3 is 1.44 bits per heavy atom. The van der Waals surface area contributed by atoms with Crippen molar-refractivity contribution < 1.29 is 49.1 Å². The second-order valence-corrected chi connectivity index (χ2v) is 13.8. The standard InChI is InChI=1S/C17H22N2O5S.C16H20N2O5S.CH4/c1-11(20)17(2)10-25-16(19-17)14-15(23)12(7-8-18-14)24-9-5-3-4-6-13(21)22;1-10(19)16(2)9-24-15(18-16)13-14(22)11(6-7-17-13)23-8-4-3-5-12(20)21;/h7-8,23H,3-6,9-10H2,1-2H3,(H,21,22);6-7,22H,3-5,8-9H2,1-2H3,(H,20,21);1H4/t17-;16-;/m11./s1. The average molecular weight is 735 g/mol. The van der Waals surface area contributed by atoms with Gasteiger partial charge in [-0.15, -0.1) is 23.5 Å². The zero-order valence-corrected chi connectivity index (χ0v) is 29.6. The van der Waals surface area contributed by atoms with Crippen molar-refractivity contribution in [1.82, 2.24) is 9.97 Å². The Labute approximate surface area is 300 Å². The van der Waals surface area contributed by atoms with Gasteiger partial charge < -0.3 is 29.9 Å². The van der Waals surface area contributed by atoms with Crippen LogP contribution in [-0.4, -0.2) is 99.8 Å². The molecule has 14 nitrogen and oxygen atoms in total. The molecule has 4 heterocycles. The van der Waals surface area contributed by atoms with Crippen molar-refractivity contribution in [2.75, 3.05) is 24.7 Å². The van der Waals surface area contributed by atoms with E-state index in [-0.39, 0.29) is 49.1 Å². The monoisotopic (exact) mass is 734 g/mol. The number of carboxylic acid groups (broad SMARTS) is 2. The van der Waals surface area contributed by atoms with Gasteiger partial charge in [0.25, 0.3) is 0 Å². The maximum atomic E-state index is 11.7. The zero-order chi connectivity index (χ0) is 36.2. The van der Waals surface area contributed by atoms with Gasteiger partial charge in [-0.2, -0.15) is 0 Å². The Morgan fingerprint density at radius 2 is 1.08 bits per heavy atom. The number of aliphatic carboxylic acids is 2. The van der Waals surface area contributed by atoms with E-state index >= 15 is 0 Å². The number of carbonyl (C=O) groups excluding carboxylic acids is 2. The van der Waals surface area contributed by atoms with E-state index in [0.717, 1.165) is 6.42 Å². The number of hydrogen-bond donors (Lipinski definition) is 4. The number of rotatable bonds is 17. The van der Waals surface area contributed by atoms with Crippen LogP contribution in [0.2, 0.25) is 0 Å². The molecule has 0 aromatic carbocycles. The van der Waals surface area contributed by atoms with Crippen LogP contribution >= 0.6 is 23.5 Å². The van der Waals surface area contributed by atoms with E-state index in [1.165, 1.54) is 49.8 Å². The molecule has 4 N–H and O–H groups in total. The molecule has 4 rings (SSSR count). The van der Waals surface area contributed by atoms with Gasteiger partial charge in [0.1, 0.15) is 32.6 Å². The molecular formula is C34H46N4O10S2. The summed E-state index contributed by atoms with van der Waals surface area (Å²) in [5.74, 6) is -0.288. The smallest absolute Gasteiger partial charge is 0.303 e. The summed E-state index contributed by atoms with van der Waals surface area (Å²) in [4.78, 5) is 61.4. The van der Waals surface area contributed by atoms with Crippen LogP contribution in [-0.2, 0) is 19.2 Å². The molecule has 0 fully saturated rings. The summed E-state index contributed by atoms with van der Waals surface area (Å²) < 4.78 is 11.1. The first-order valence-electron chi connectivity index (χ1n) is 15.7. The Morgan fingerprint density at radius 1 is 0.700 bits per heavy atom. The molecule has 2 aliphatic heterocycles. The van der Waals surface area contributed by atoms with Crippen molar-refractivity contribution in [1.29, 1.82) is 0 Å². The zero-order valence-electron chi connectivity index (χ0n) is 27.9. The second kappa shape index (κ2) is 19.3. The fraction of sp³-hybridized carbons (Fsp3) is 0.529. The molecule has 274 valence electrons. The molecule has 0 saturated carbocycles. The van der Waals surface area contributed by atoms with Gasteiger partial charge in [0.2, 0.25) is 0 Å². The molecule has 0 amide bonds. The van der Waals surface area contributed by atoms with E-state index in [4.69, 9.17) is 19.7 Å². The van der Waals surface area contributed by atoms with Crippen LogP contribution in [0.5, 0.6) is 23.0 Å². The number of aromatic hydroxyl groups is 2. The second-order valence-electron chi connectivity index (χ2n) is 11.8. The van der Waals surface area contributed by atoms with Gasteiger partial charge in [-0.1, -0.05) is 7.43 Å². The van der Waals surface area contributed by atoms with Crippen molar-refractivity contribution in [3.8, 4) is 23.0 Å².